The number of hydrogen-bond donors (Lipinski definition) is 1. The predicted octanol–water partition coefficient (Wildman–Crippen LogP) is 5.95. The summed E-state index contributed by atoms with van der Waals surface area (Å²) in [4.78, 5) is 43.2. The molecule has 9 nitrogen and oxygen atoms in total. The van der Waals surface area contributed by atoms with E-state index in [2.05, 4.69) is 46.7 Å². The Labute approximate surface area is 265 Å². The second-order valence-corrected chi connectivity index (χ2v) is 11.8. The van der Waals surface area contributed by atoms with Gasteiger partial charge in [-0.3, -0.25) is 9.59 Å². The monoisotopic (exact) mass is 616 g/mol. The summed E-state index contributed by atoms with van der Waals surface area (Å²) in [6, 6.07) is 21.4. The fourth-order valence-electron chi connectivity index (χ4n) is 5.83. The van der Waals surface area contributed by atoms with Gasteiger partial charge in [0.1, 0.15) is 12.1 Å². The Morgan fingerprint density at radius 3 is 2.36 bits per heavy atom. The molecular formula is C36H44N2O7. The minimum absolute atomic E-state index is 0.0164. The van der Waals surface area contributed by atoms with Crippen LogP contribution in [0.2, 0.25) is 0 Å². The number of ether oxygens (including phenoxy) is 4. The van der Waals surface area contributed by atoms with Crippen molar-refractivity contribution in [2.45, 2.75) is 71.4 Å². The molecule has 1 aliphatic rings. The maximum atomic E-state index is 13.5. The molecule has 1 aliphatic heterocycles. The third kappa shape index (κ3) is 9.54. The van der Waals surface area contributed by atoms with Crippen molar-refractivity contribution in [2.75, 3.05) is 13.9 Å². The highest BCUT2D eigenvalue weighted by atomic mass is 16.7. The Morgan fingerprint density at radius 2 is 1.69 bits per heavy atom. The number of carbonyl (C=O) groups excluding carboxylic acids is 3. The van der Waals surface area contributed by atoms with Gasteiger partial charge < -0.3 is 24.3 Å². The number of aromatic nitrogens is 1. The van der Waals surface area contributed by atoms with Crippen LogP contribution in [0.15, 0.2) is 72.9 Å². The molecule has 4 rings (SSSR count). The summed E-state index contributed by atoms with van der Waals surface area (Å²) in [5.74, 6) is -1.19. The molecule has 0 spiro atoms. The van der Waals surface area contributed by atoms with Gasteiger partial charge in [-0.1, -0.05) is 80.9 Å². The number of pyridine rings is 1. The third-order valence-electron chi connectivity index (χ3n) is 8.30. The molecule has 1 unspecified atom stereocenters. The van der Waals surface area contributed by atoms with E-state index in [1.807, 2.05) is 31.2 Å². The van der Waals surface area contributed by atoms with Crippen LogP contribution in [-0.4, -0.2) is 48.9 Å². The second-order valence-electron chi connectivity index (χ2n) is 11.8. The van der Waals surface area contributed by atoms with Gasteiger partial charge in [0.25, 0.3) is 5.91 Å². The fourth-order valence-corrected chi connectivity index (χ4v) is 5.83. The molecule has 1 aromatic heterocycles. The van der Waals surface area contributed by atoms with Gasteiger partial charge in [0.15, 0.2) is 17.2 Å². The molecule has 0 saturated carbocycles. The molecule has 9 heteroatoms. The number of amides is 1. The van der Waals surface area contributed by atoms with Crippen LogP contribution >= 0.6 is 0 Å². The van der Waals surface area contributed by atoms with Gasteiger partial charge in [-0.15, -0.1) is 0 Å². The number of cyclic esters (lactones) is 1. The van der Waals surface area contributed by atoms with Crippen LogP contribution in [0.1, 0.15) is 68.1 Å². The molecule has 0 radical (unpaired) electrons. The standard InChI is InChI=1S/C36H44N2O7/c1-24(2)35(40)44-23-43-33-31(42-4)20-21-37-32(33)34(39)38-30-17-11-16-28(22-27-14-9-6-10-15-27)29(25(3)45-36(30)41)19-18-26-12-7-5-8-13-26/h5-10,12-15,20-21,24-25,28-30H,11,16-19,22-23H2,1-4H3,(H,38,39)/t25-,28+,29-,30?/m0/s1. The lowest BCUT2D eigenvalue weighted by Gasteiger charge is -2.31. The average Bonchev–Trinajstić information content (AvgIpc) is 3.09. The zero-order valence-electron chi connectivity index (χ0n) is 26.6. The van der Waals surface area contributed by atoms with E-state index in [4.69, 9.17) is 18.9 Å². The first-order valence-corrected chi connectivity index (χ1v) is 15.7. The van der Waals surface area contributed by atoms with Crippen molar-refractivity contribution in [1.82, 2.24) is 10.3 Å². The van der Waals surface area contributed by atoms with Crippen molar-refractivity contribution in [3.05, 3.63) is 89.7 Å². The lowest BCUT2D eigenvalue weighted by molar-refractivity contribution is -0.155. The first-order chi connectivity index (χ1) is 21.8. The van der Waals surface area contributed by atoms with Gasteiger partial charge in [0, 0.05) is 12.3 Å². The molecule has 4 atom stereocenters. The maximum Gasteiger partial charge on any atom is 0.328 e. The van der Waals surface area contributed by atoms with Crippen molar-refractivity contribution in [1.29, 1.82) is 0 Å². The van der Waals surface area contributed by atoms with E-state index < -0.39 is 30.7 Å². The van der Waals surface area contributed by atoms with E-state index in [0.29, 0.717) is 12.3 Å². The lowest BCUT2D eigenvalue weighted by Crippen LogP contribution is -2.43. The molecule has 240 valence electrons. The number of rotatable bonds is 12. The van der Waals surface area contributed by atoms with Crippen LogP contribution in [0, 0.1) is 17.8 Å². The number of nitrogens with zero attached hydrogens (tertiary/aromatic N) is 1. The zero-order chi connectivity index (χ0) is 32.2. The zero-order valence-corrected chi connectivity index (χ0v) is 26.6. The van der Waals surface area contributed by atoms with Crippen molar-refractivity contribution in [3.8, 4) is 11.5 Å². The number of esters is 2. The molecular weight excluding hydrogens is 572 g/mol. The number of carbonyl (C=O) groups is 3. The van der Waals surface area contributed by atoms with Crippen molar-refractivity contribution in [3.63, 3.8) is 0 Å². The Kier molecular flexibility index (Phi) is 12.4. The van der Waals surface area contributed by atoms with E-state index in [1.165, 1.54) is 30.5 Å². The van der Waals surface area contributed by atoms with Gasteiger partial charge >= 0.3 is 11.9 Å². The van der Waals surface area contributed by atoms with Crippen molar-refractivity contribution in [2.24, 2.45) is 17.8 Å². The Morgan fingerprint density at radius 1 is 1.00 bits per heavy atom. The molecule has 0 aliphatic carbocycles. The van der Waals surface area contributed by atoms with E-state index in [9.17, 15) is 14.4 Å². The topological polar surface area (TPSA) is 113 Å². The largest absolute Gasteiger partial charge is 0.493 e. The van der Waals surface area contributed by atoms with E-state index in [0.717, 1.165) is 32.1 Å². The molecule has 2 aromatic carbocycles. The fraction of sp³-hybridized carbons (Fsp3) is 0.444. The second kappa shape index (κ2) is 16.6. The normalized spacial score (nSPS) is 20.2. The number of hydrogen-bond acceptors (Lipinski definition) is 8. The van der Waals surface area contributed by atoms with Crippen LogP contribution in [0.25, 0.3) is 0 Å². The van der Waals surface area contributed by atoms with Crippen LogP contribution < -0.4 is 14.8 Å². The van der Waals surface area contributed by atoms with Crippen LogP contribution in [-0.2, 0) is 31.9 Å². The minimum atomic E-state index is -0.871. The molecule has 0 bridgehead atoms. The van der Waals surface area contributed by atoms with Crippen LogP contribution in [0.5, 0.6) is 11.5 Å². The van der Waals surface area contributed by atoms with E-state index in [1.54, 1.807) is 13.8 Å². The molecule has 1 fully saturated rings. The summed E-state index contributed by atoms with van der Waals surface area (Å²) < 4.78 is 22.2. The lowest BCUT2D eigenvalue weighted by atomic mass is 9.77. The Bertz CT molecular complexity index is 1400. The average molecular weight is 617 g/mol. The summed E-state index contributed by atoms with van der Waals surface area (Å²) in [6.45, 7) is 4.95. The molecule has 1 amide bonds. The first kappa shape index (κ1) is 33.5. The van der Waals surface area contributed by atoms with Gasteiger partial charge in [0.05, 0.1) is 13.0 Å². The third-order valence-corrected chi connectivity index (χ3v) is 8.30. The summed E-state index contributed by atoms with van der Waals surface area (Å²) in [5.41, 5.74) is 2.42. The Hall–Kier alpha value is -4.40. The highest BCUT2D eigenvalue weighted by Gasteiger charge is 2.35. The highest BCUT2D eigenvalue weighted by Crippen LogP contribution is 2.34. The van der Waals surface area contributed by atoms with Gasteiger partial charge in [-0.2, -0.15) is 0 Å². The van der Waals surface area contributed by atoms with E-state index >= 15 is 0 Å². The summed E-state index contributed by atoms with van der Waals surface area (Å²) in [6.07, 6.45) is 5.74. The predicted molar refractivity (Wildman–Crippen MR) is 170 cm³/mol. The first-order valence-electron chi connectivity index (χ1n) is 15.7. The molecule has 1 N–H and O–H groups in total. The van der Waals surface area contributed by atoms with Gasteiger partial charge in [-0.25, -0.2) is 9.78 Å². The number of nitrogens with one attached hydrogen (secondary N) is 1. The molecule has 45 heavy (non-hydrogen) atoms. The van der Waals surface area contributed by atoms with Crippen molar-refractivity contribution < 1.29 is 33.3 Å². The van der Waals surface area contributed by atoms with E-state index in [-0.39, 0.29) is 35.1 Å². The summed E-state index contributed by atoms with van der Waals surface area (Å²) in [5, 5.41) is 2.83. The summed E-state index contributed by atoms with van der Waals surface area (Å²) >= 11 is 0. The maximum absolute atomic E-state index is 13.5. The van der Waals surface area contributed by atoms with Crippen LogP contribution in [0.4, 0.5) is 0 Å². The molecule has 3 aromatic rings. The highest BCUT2D eigenvalue weighted by molar-refractivity contribution is 5.98. The molecule has 2 heterocycles. The smallest absolute Gasteiger partial charge is 0.328 e. The van der Waals surface area contributed by atoms with Crippen molar-refractivity contribution >= 4 is 17.8 Å². The molecule has 1 saturated heterocycles. The van der Waals surface area contributed by atoms with Gasteiger partial charge in [-0.05, 0) is 62.0 Å². The SMILES string of the molecule is COc1ccnc(C(=O)NC2CCC[C@H](Cc3ccccc3)[C@@H](CCc3ccccc3)[C@H](C)OC2=O)c1OCOC(=O)C(C)C. The summed E-state index contributed by atoms with van der Waals surface area (Å²) in [7, 11) is 1.43. The van der Waals surface area contributed by atoms with Crippen LogP contribution in [0.3, 0.4) is 0 Å². The quantitative estimate of drug-likeness (QED) is 0.196. The number of methoxy groups -OCH3 is 1. The number of aryl methyl sites for hydroxylation is 1. The Balaban J connectivity index is 1.50. The number of benzene rings is 2. The van der Waals surface area contributed by atoms with Gasteiger partial charge in [0.2, 0.25) is 6.79 Å². The minimum Gasteiger partial charge on any atom is -0.493 e.